The number of nitrogens with zero attached hydrogens (tertiary/aromatic N) is 3. The molecule has 0 aliphatic carbocycles. The minimum absolute atomic E-state index is 0.404. The Labute approximate surface area is 118 Å². The van der Waals surface area contributed by atoms with Crippen molar-refractivity contribution in [2.45, 2.75) is 6.42 Å². The minimum Gasteiger partial charge on any atom is -0.219 e. The average Bonchev–Trinajstić information content (AvgIpc) is 2.72. The van der Waals surface area contributed by atoms with Gasteiger partial charge in [-0.1, -0.05) is 40.0 Å². The number of alkyl halides is 1. The van der Waals surface area contributed by atoms with Crippen LogP contribution < -0.4 is 0 Å². The Balaban J connectivity index is 2.41. The van der Waals surface area contributed by atoms with Crippen molar-refractivity contribution in [2.24, 2.45) is 0 Å². The highest BCUT2D eigenvalue weighted by Gasteiger charge is 2.10. The summed E-state index contributed by atoms with van der Waals surface area (Å²) in [5, 5.41) is 9.21. The monoisotopic (exact) mass is 309 g/mol. The number of halogens is 4. The van der Waals surface area contributed by atoms with Gasteiger partial charge in [-0.05, 0) is 12.1 Å². The van der Waals surface area contributed by atoms with Gasteiger partial charge in [0.25, 0.3) is 0 Å². The Morgan fingerprint density at radius 3 is 2.47 bits per heavy atom. The number of rotatable bonds is 3. The Hall–Kier alpha value is -0.480. The maximum atomic E-state index is 6.06. The highest BCUT2D eigenvalue weighted by molar-refractivity contribution is 6.43. The average molecular weight is 311 g/mol. The number of aromatic nitrogens is 3. The molecule has 3 nitrogen and oxygen atoms in total. The number of hydrogen-bond donors (Lipinski definition) is 0. The molecule has 0 aliphatic rings. The van der Waals surface area contributed by atoms with Crippen LogP contribution in [0.15, 0.2) is 18.3 Å². The molecule has 0 radical (unpaired) electrons. The molecule has 0 aliphatic heterocycles. The van der Waals surface area contributed by atoms with Gasteiger partial charge in [0.15, 0.2) is 0 Å². The molecular formula is C10H7Cl4N3. The second-order valence-corrected chi connectivity index (χ2v) is 4.91. The van der Waals surface area contributed by atoms with Crippen molar-refractivity contribution in [3.63, 3.8) is 0 Å². The van der Waals surface area contributed by atoms with Gasteiger partial charge in [0.05, 0.1) is 32.6 Å². The Kier molecular flexibility index (Phi) is 4.15. The third kappa shape index (κ3) is 2.86. The van der Waals surface area contributed by atoms with E-state index in [1.807, 2.05) is 0 Å². The molecule has 1 aromatic carbocycles. The van der Waals surface area contributed by atoms with Crippen molar-refractivity contribution in [2.75, 3.05) is 5.88 Å². The molecule has 90 valence electrons. The summed E-state index contributed by atoms with van der Waals surface area (Å²) in [7, 11) is 0. The van der Waals surface area contributed by atoms with Crippen LogP contribution in [0.3, 0.4) is 0 Å². The number of hydrogen-bond acceptors (Lipinski definition) is 2. The fourth-order valence-corrected chi connectivity index (χ4v) is 2.14. The maximum Gasteiger partial charge on any atom is 0.0865 e. The summed E-state index contributed by atoms with van der Waals surface area (Å²) in [6.07, 6.45) is 2.41. The first-order chi connectivity index (χ1) is 8.11. The minimum atomic E-state index is 0.404. The summed E-state index contributed by atoms with van der Waals surface area (Å²) < 4.78 is 1.55. The summed E-state index contributed by atoms with van der Waals surface area (Å²) >= 11 is 23.5. The van der Waals surface area contributed by atoms with Crippen LogP contribution in [-0.2, 0) is 6.42 Å². The smallest absolute Gasteiger partial charge is 0.0865 e. The normalized spacial score (nSPS) is 10.8. The van der Waals surface area contributed by atoms with Gasteiger partial charge in [-0.3, -0.25) is 0 Å². The summed E-state index contributed by atoms with van der Waals surface area (Å²) in [6.45, 7) is 0. The van der Waals surface area contributed by atoms with Crippen LogP contribution in [0.4, 0.5) is 0 Å². The van der Waals surface area contributed by atoms with Crippen molar-refractivity contribution in [3.05, 3.63) is 39.1 Å². The molecule has 0 atom stereocenters. The second kappa shape index (κ2) is 5.44. The molecule has 1 aromatic heterocycles. The van der Waals surface area contributed by atoms with Crippen LogP contribution in [0.2, 0.25) is 15.1 Å². The molecular weight excluding hydrogens is 304 g/mol. The van der Waals surface area contributed by atoms with Crippen molar-refractivity contribution in [1.29, 1.82) is 0 Å². The first-order valence-electron chi connectivity index (χ1n) is 4.74. The highest BCUT2D eigenvalue weighted by atomic mass is 35.5. The molecule has 0 fully saturated rings. The predicted octanol–water partition coefficient (Wildman–Crippen LogP) is 4.01. The molecule has 0 unspecified atom stereocenters. The highest BCUT2D eigenvalue weighted by Crippen LogP contribution is 2.30. The topological polar surface area (TPSA) is 30.7 Å². The van der Waals surface area contributed by atoms with E-state index in [0.29, 0.717) is 33.1 Å². The van der Waals surface area contributed by atoms with E-state index in [-0.39, 0.29) is 0 Å². The van der Waals surface area contributed by atoms with Crippen molar-refractivity contribution < 1.29 is 0 Å². The number of aryl methyl sites for hydroxylation is 1. The van der Waals surface area contributed by atoms with Gasteiger partial charge in [-0.2, -0.15) is 0 Å². The summed E-state index contributed by atoms with van der Waals surface area (Å²) in [6, 6.07) is 3.22. The third-order valence-corrected chi connectivity index (χ3v) is 3.34. The molecule has 0 N–H and O–H groups in total. The Morgan fingerprint density at radius 2 is 1.76 bits per heavy atom. The molecule has 0 bridgehead atoms. The summed E-state index contributed by atoms with van der Waals surface area (Å²) in [5.74, 6) is 0.494. The fourth-order valence-electron chi connectivity index (χ4n) is 1.32. The molecule has 0 saturated heterocycles. The van der Waals surface area contributed by atoms with Crippen LogP contribution in [0.25, 0.3) is 5.69 Å². The Bertz CT molecular complexity index is 538. The van der Waals surface area contributed by atoms with E-state index in [0.717, 1.165) is 5.69 Å². The van der Waals surface area contributed by atoms with Gasteiger partial charge < -0.3 is 0 Å². The molecule has 0 amide bonds. The van der Waals surface area contributed by atoms with E-state index < -0.39 is 0 Å². The fraction of sp³-hybridized carbons (Fsp3) is 0.200. The quantitative estimate of drug-likeness (QED) is 0.633. The van der Waals surface area contributed by atoms with Crippen LogP contribution >= 0.6 is 46.4 Å². The first kappa shape index (κ1) is 13.0. The zero-order chi connectivity index (χ0) is 12.4. The van der Waals surface area contributed by atoms with Gasteiger partial charge in [0.1, 0.15) is 0 Å². The van der Waals surface area contributed by atoms with E-state index >= 15 is 0 Å². The van der Waals surface area contributed by atoms with Crippen LogP contribution in [0.1, 0.15) is 5.69 Å². The lowest BCUT2D eigenvalue weighted by atomic mass is 10.3. The Morgan fingerprint density at radius 1 is 1.06 bits per heavy atom. The molecule has 0 spiro atoms. The summed E-state index contributed by atoms with van der Waals surface area (Å²) in [5.41, 5.74) is 1.43. The lowest BCUT2D eigenvalue weighted by molar-refractivity contribution is 0.798. The van der Waals surface area contributed by atoms with E-state index in [2.05, 4.69) is 10.3 Å². The molecule has 2 aromatic rings. The van der Waals surface area contributed by atoms with Crippen molar-refractivity contribution >= 4 is 46.4 Å². The van der Waals surface area contributed by atoms with E-state index in [9.17, 15) is 0 Å². The predicted molar refractivity (Wildman–Crippen MR) is 70.8 cm³/mol. The van der Waals surface area contributed by atoms with E-state index in [1.54, 1.807) is 23.0 Å². The van der Waals surface area contributed by atoms with Gasteiger partial charge in [0, 0.05) is 12.3 Å². The molecule has 0 saturated carbocycles. The molecule has 7 heteroatoms. The zero-order valence-corrected chi connectivity index (χ0v) is 11.5. The van der Waals surface area contributed by atoms with Crippen LogP contribution in [-0.4, -0.2) is 20.9 Å². The van der Waals surface area contributed by atoms with E-state index in [1.165, 1.54) is 0 Å². The summed E-state index contributed by atoms with van der Waals surface area (Å²) in [4.78, 5) is 0. The maximum absolute atomic E-state index is 6.06. The van der Waals surface area contributed by atoms with Crippen molar-refractivity contribution in [3.8, 4) is 5.69 Å². The van der Waals surface area contributed by atoms with Crippen LogP contribution in [0.5, 0.6) is 0 Å². The van der Waals surface area contributed by atoms with E-state index in [4.69, 9.17) is 46.4 Å². The van der Waals surface area contributed by atoms with Gasteiger partial charge in [0.2, 0.25) is 0 Å². The lowest BCUT2D eigenvalue weighted by Crippen LogP contribution is -1.96. The standard InChI is InChI=1S/C10H7Cl4N3/c11-2-1-6-5-17(16-15-6)10-4-8(13)7(12)3-9(10)14/h3-5H,1-2H2. The molecule has 2 rings (SSSR count). The number of benzene rings is 1. The lowest BCUT2D eigenvalue weighted by Gasteiger charge is -2.05. The SMILES string of the molecule is ClCCc1cn(-c2cc(Cl)c(Cl)cc2Cl)nn1. The molecule has 17 heavy (non-hydrogen) atoms. The third-order valence-electron chi connectivity index (χ3n) is 2.13. The van der Waals surface area contributed by atoms with Crippen LogP contribution in [0, 0.1) is 0 Å². The zero-order valence-electron chi connectivity index (χ0n) is 8.50. The van der Waals surface area contributed by atoms with Gasteiger partial charge in [-0.25, -0.2) is 4.68 Å². The largest absolute Gasteiger partial charge is 0.219 e. The second-order valence-electron chi connectivity index (χ2n) is 3.31. The molecule has 1 heterocycles. The van der Waals surface area contributed by atoms with Crippen molar-refractivity contribution in [1.82, 2.24) is 15.0 Å². The first-order valence-corrected chi connectivity index (χ1v) is 6.40. The van der Waals surface area contributed by atoms with Gasteiger partial charge in [-0.15, -0.1) is 16.7 Å². The van der Waals surface area contributed by atoms with Gasteiger partial charge >= 0.3 is 0 Å².